The first-order valence-corrected chi connectivity index (χ1v) is 7.52. The third-order valence-electron chi connectivity index (χ3n) is 3.31. The maximum absolute atomic E-state index is 12.1. The molecular weight excluding hydrogens is 314 g/mol. The minimum atomic E-state index is -0.265. The summed E-state index contributed by atoms with van der Waals surface area (Å²) in [5.74, 6) is 0.440. The van der Waals surface area contributed by atoms with Gasteiger partial charge in [0.05, 0.1) is 27.7 Å². The number of fused-ring (bicyclic) bond motifs is 1. The van der Waals surface area contributed by atoms with Gasteiger partial charge in [-0.05, 0) is 45.1 Å². The standard InChI is InChI=1S/C16H16ClN5O/c1-16(2,3)22-9-10(20-21-22)7-8-13-18-12-6-4-5-11(17)14(12)15(23)19-13/h4-9H,1-3H3,(H,18,19,23)/b8-7+. The van der Waals surface area contributed by atoms with Crippen LogP contribution in [0.25, 0.3) is 23.1 Å². The van der Waals surface area contributed by atoms with Crippen molar-refractivity contribution in [2.75, 3.05) is 0 Å². The first-order valence-electron chi connectivity index (χ1n) is 7.14. The van der Waals surface area contributed by atoms with Gasteiger partial charge in [0.25, 0.3) is 5.56 Å². The molecule has 0 saturated heterocycles. The summed E-state index contributed by atoms with van der Waals surface area (Å²) in [5, 5.41) is 8.95. The van der Waals surface area contributed by atoms with Crippen LogP contribution in [-0.2, 0) is 5.54 Å². The Morgan fingerprint density at radius 1 is 1.26 bits per heavy atom. The van der Waals surface area contributed by atoms with E-state index in [-0.39, 0.29) is 11.1 Å². The summed E-state index contributed by atoms with van der Waals surface area (Å²) in [6.45, 7) is 6.13. The molecule has 0 unspecified atom stereocenters. The molecule has 0 radical (unpaired) electrons. The number of hydrogen-bond donors (Lipinski definition) is 1. The molecule has 0 amide bonds. The highest BCUT2D eigenvalue weighted by Gasteiger charge is 2.14. The predicted molar refractivity (Wildman–Crippen MR) is 91.3 cm³/mol. The molecule has 0 fully saturated rings. The lowest BCUT2D eigenvalue weighted by Crippen LogP contribution is -2.22. The van der Waals surface area contributed by atoms with E-state index in [9.17, 15) is 4.79 Å². The Morgan fingerprint density at radius 2 is 2.04 bits per heavy atom. The topological polar surface area (TPSA) is 76.5 Å². The highest BCUT2D eigenvalue weighted by Crippen LogP contribution is 2.18. The molecule has 0 atom stereocenters. The molecule has 1 aromatic carbocycles. The smallest absolute Gasteiger partial charge is 0.260 e. The minimum Gasteiger partial charge on any atom is -0.306 e. The van der Waals surface area contributed by atoms with E-state index in [2.05, 4.69) is 20.3 Å². The molecule has 0 spiro atoms. The molecule has 3 aromatic rings. The fourth-order valence-electron chi connectivity index (χ4n) is 2.09. The van der Waals surface area contributed by atoms with Crippen LogP contribution < -0.4 is 5.56 Å². The van der Waals surface area contributed by atoms with Crippen molar-refractivity contribution in [3.8, 4) is 0 Å². The number of hydrogen-bond acceptors (Lipinski definition) is 4. The van der Waals surface area contributed by atoms with E-state index in [1.165, 1.54) is 0 Å². The quantitative estimate of drug-likeness (QED) is 0.783. The summed E-state index contributed by atoms with van der Waals surface area (Å²) in [6, 6.07) is 5.18. The van der Waals surface area contributed by atoms with Crippen LogP contribution in [0, 0.1) is 0 Å². The van der Waals surface area contributed by atoms with Crippen molar-refractivity contribution in [3.05, 3.63) is 51.3 Å². The van der Waals surface area contributed by atoms with E-state index in [4.69, 9.17) is 11.6 Å². The van der Waals surface area contributed by atoms with Crippen molar-refractivity contribution in [1.29, 1.82) is 0 Å². The first-order chi connectivity index (χ1) is 10.8. The predicted octanol–water partition coefficient (Wildman–Crippen LogP) is 3.09. The molecule has 2 heterocycles. The molecule has 0 aliphatic rings. The molecule has 0 aliphatic heterocycles. The SMILES string of the molecule is CC(C)(C)n1cc(/C=C/c2nc3cccc(Cl)c3c(=O)[nH]2)nn1. The van der Waals surface area contributed by atoms with Crippen molar-refractivity contribution in [1.82, 2.24) is 25.0 Å². The number of nitrogens with zero attached hydrogens (tertiary/aromatic N) is 4. The number of aromatic amines is 1. The summed E-state index contributed by atoms with van der Waals surface area (Å²) in [7, 11) is 0. The third-order valence-corrected chi connectivity index (χ3v) is 3.63. The molecule has 6 nitrogen and oxygen atoms in total. The van der Waals surface area contributed by atoms with Crippen LogP contribution >= 0.6 is 11.6 Å². The van der Waals surface area contributed by atoms with E-state index < -0.39 is 0 Å². The molecule has 0 aliphatic carbocycles. The van der Waals surface area contributed by atoms with Gasteiger partial charge in [-0.15, -0.1) is 5.10 Å². The normalized spacial score (nSPS) is 12.3. The second kappa shape index (κ2) is 5.62. The minimum absolute atomic E-state index is 0.134. The van der Waals surface area contributed by atoms with Gasteiger partial charge in [0.1, 0.15) is 11.5 Å². The van der Waals surface area contributed by atoms with Gasteiger partial charge in [-0.3, -0.25) is 4.79 Å². The number of halogens is 1. The van der Waals surface area contributed by atoms with Crippen molar-refractivity contribution < 1.29 is 0 Å². The number of benzene rings is 1. The van der Waals surface area contributed by atoms with Gasteiger partial charge in [0, 0.05) is 0 Å². The summed E-state index contributed by atoms with van der Waals surface area (Å²) in [4.78, 5) is 19.2. The van der Waals surface area contributed by atoms with Crippen LogP contribution in [0.1, 0.15) is 32.3 Å². The molecule has 0 saturated carbocycles. The number of H-pyrrole nitrogens is 1. The van der Waals surface area contributed by atoms with Gasteiger partial charge in [0.2, 0.25) is 0 Å². The average molecular weight is 330 g/mol. The van der Waals surface area contributed by atoms with Crippen LogP contribution in [0.5, 0.6) is 0 Å². The molecular formula is C16H16ClN5O. The Kier molecular flexibility index (Phi) is 3.77. The number of aromatic nitrogens is 5. The molecule has 118 valence electrons. The first kappa shape index (κ1) is 15.4. The lowest BCUT2D eigenvalue weighted by Gasteiger charge is -2.17. The second-order valence-electron chi connectivity index (χ2n) is 6.18. The summed E-state index contributed by atoms with van der Waals surface area (Å²) >= 11 is 6.03. The van der Waals surface area contributed by atoms with Crippen molar-refractivity contribution in [2.45, 2.75) is 26.3 Å². The highest BCUT2D eigenvalue weighted by molar-refractivity contribution is 6.35. The second-order valence-corrected chi connectivity index (χ2v) is 6.58. The Balaban J connectivity index is 1.96. The number of rotatable bonds is 2. The Hall–Kier alpha value is -2.47. The molecule has 0 bridgehead atoms. The third kappa shape index (κ3) is 3.17. The fourth-order valence-corrected chi connectivity index (χ4v) is 2.35. The highest BCUT2D eigenvalue weighted by atomic mass is 35.5. The lowest BCUT2D eigenvalue weighted by molar-refractivity contribution is 0.347. The largest absolute Gasteiger partial charge is 0.306 e. The van der Waals surface area contributed by atoms with Crippen LogP contribution in [-0.4, -0.2) is 25.0 Å². The van der Waals surface area contributed by atoms with E-state index in [1.807, 2.05) is 27.0 Å². The monoisotopic (exact) mass is 329 g/mol. The summed E-state index contributed by atoms with van der Waals surface area (Å²) < 4.78 is 1.78. The Morgan fingerprint density at radius 3 is 2.74 bits per heavy atom. The van der Waals surface area contributed by atoms with Crippen LogP contribution in [0.4, 0.5) is 0 Å². The van der Waals surface area contributed by atoms with Gasteiger partial charge < -0.3 is 4.98 Å². The van der Waals surface area contributed by atoms with E-state index in [0.717, 1.165) is 0 Å². The Labute approximate surface area is 137 Å². The summed E-state index contributed by atoms with van der Waals surface area (Å²) in [6.07, 6.45) is 5.29. The van der Waals surface area contributed by atoms with Gasteiger partial charge in [-0.25, -0.2) is 9.67 Å². The molecule has 23 heavy (non-hydrogen) atoms. The maximum atomic E-state index is 12.1. The van der Waals surface area contributed by atoms with Gasteiger partial charge in [-0.2, -0.15) is 0 Å². The van der Waals surface area contributed by atoms with Crippen LogP contribution in [0.2, 0.25) is 5.02 Å². The zero-order valence-corrected chi connectivity index (χ0v) is 13.8. The number of nitrogens with one attached hydrogen (secondary N) is 1. The maximum Gasteiger partial charge on any atom is 0.260 e. The molecule has 7 heteroatoms. The zero-order valence-electron chi connectivity index (χ0n) is 13.0. The Bertz CT molecular complexity index is 949. The molecule has 3 rings (SSSR count). The molecule has 2 aromatic heterocycles. The average Bonchev–Trinajstić information content (AvgIpc) is 2.94. The van der Waals surface area contributed by atoms with E-state index in [0.29, 0.717) is 27.4 Å². The lowest BCUT2D eigenvalue weighted by atomic mass is 10.1. The van der Waals surface area contributed by atoms with E-state index >= 15 is 0 Å². The van der Waals surface area contributed by atoms with Crippen molar-refractivity contribution in [2.24, 2.45) is 0 Å². The van der Waals surface area contributed by atoms with E-state index in [1.54, 1.807) is 35.0 Å². The fraction of sp³-hybridized carbons (Fsp3) is 0.250. The van der Waals surface area contributed by atoms with Crippen LogP contribution in [0.3, 0.4) is 0 Å². The summed E-state index contributed by atoms with van der Waals surface area (Å²) in [5.41, 5.74) is 0.845. The van der Waals surface area contributed by atoms with Gasteiger partial charge in [-0.1, -0.05) is 22.9 Å². The van der Waals surface area contributed by atoms with Gasteiger partial charge in [0.15, 0.2) is 0 Å². The van der Waals surface area contributed by atoms with Crippen molar-refractivity contribution in [3.63, 3.8) is 0 Å². The van der Waals surface area contributed by atoms with Crippen molar-refractivity contribution >= 4 is 34.7 Å². The zero-order chi connectivity index (χ0) is 16.6. The molecule has 1 N–H and O–H groups in total. The van der Waals surface area contributed by atoms with Gasteiger partial charge >= 0.3 is 0 Å². The van der Waals surface area contributed by atoms with Crippen LogP contribution in [0.15, 0.2) is 29.2 Å².